The molecular weight excluding hydrogens is 469 g/mol. The zero-order valence-corrected chi connectivity index (χ0v) is 19.1. The van der Waals surface area contributed by atoms with Crippen molar-refractivity contribution < 1.29 is 14.2 Å². The second-order valence-electron chi connectivity index (χ2n) is 5.94. The van der Waals surface area contributed by atoms with Crippen molar-refractivity contribution in [3.63, 3.8) is 0 Å². The highest BCUT2D eigenvalue weighted by Gasteiger charge is 2.00. The van der Waals surface area contributed by atoms with Gasteiger partial charge in [0.15, 0.2) is 5.96 Å². The molecule has 0 aliphatic heterocycles. The molecule has 0 aromatic heterocycles. The molecule has 0 spiro atoms. The first kappa shape index (κ1) is 24.0. The normalized spacial score (nSPS) is 10.8. The summed E-state index contributed by atoms with van der Waals surface area (Å²) in [6.07, 6.45) is 0.915. The lowest BCUT2D eigenvalue weighted by Crippen LogP contribution is -2.37. The second kappa shape index (κ2) is 14.1. The highest BCUT2D eigenvalue weighted by Crippen LogP contribution is 2.12. The van der Waals surface area contributed by atoms with Crippen LogP contribution < -0.4 is 20.1 Å². The third-order valence-corrected chi connectivity index (χ3v) is 4.03. The van der Waals surface area contributed by atoms with E-state index < -0.39 is 0 Å². The lowest BCUT2D eigenvalue weighted by molar-refractivity contribution is 0.146. The maximum Gasteiger partial charge on any atom is 0.191 e. The van der Waals surface area contributed by atoms with E-state index in [4.69, 9.17) is 14.2 Å². The Hall–Kier alpha value is -2.00. The van der Waals surface area contributed by atoms with Gasteiger partial charge in [-0.25, -0.2) is 0 Å². The van der Waals surface area contributed by atoms with Crippen molar-refractivity contribution in [1.29, 1.82) is 0 Å². The molecule has 154 valence electrons. The maximum absolute atomic E-state index is 5.57. The van der Waals surface area contributed by atoms with Crippen molar-refractivity contribution in [3.8, 4) is 11.5 Å². The van der Waals surface area contributed by atoms with Gasteiger partial charge in [0.25, 0.3) is 0 Å². The fourth-order valence-electron chi connectivity index (χ4n) is 2.47. The Kier molecular flexibility index (Phi) is 12.1. The number of rotatable bonds is 10. The molecule has 0 aliphatic carbocycles. The van der Waals surface area contributed by atoms with Gasteiger partial charge in [-0.1, -0.05) is 24.3 Å². The molecule has 0 aliphatic rings. The molecule has 28 heavy (non-hydrogen) atoms. The summed E-state index contributed by atoms with van der Waals surface area (Å²) >= 11 is 0. The maximum atomic E-state index is 5.57. The third kappa shape index (κ3) is 8.79. The minimum absolute atomic E-state index is 0. The topological polar surface area (TPSA) is 64.1 Å². The largest absolute Gasteiger partial charge is 0.497 e. The zero-order valence-electron chi connectivity index (χ0n) is 16.7. The lowest BCUT2D eigenvalue weighted by atomic mass is 10.1. The minimum atomic E-state index is 0. The summed E-state index contributed by atoms with van der Waals surface area (Å²) in [6, 6.07) is 16.1. The molecule has 2 aromatic rings. The molecule has 0 saturated carbocycles. The van der Waals surface area contributed by atoms with Crippen LogP contribution in [0.15, 0.2) is 53.5 Å². The first-order valence-electron chi connectivity index (χ1n) is 9.03. The van der Waals surface area contributed by atoms with Crippen molar-refractivity contribution in [2.24, 2.45) is 4.99 Å². The Labute approximate surface area is 184 Å². The highest BCUT2D eigenvalue weighted by molar-refractivity contribution is 14.0. The summed E-state index contributed by atoms with van der Waals surface area (Å²) in [5.74, 6) is 2.50. The van der Waals surface area contributed by atoms with E-state index in [9.17, 15) is 0 Å². The Morgan fingerprint density at radius 3 is 2.11 bits per heavy atom. The monoisotopic (exact) mass is 499 g/mol. The molecular formula is C21H30IN3O3. The number of aliphatic imine (C=N–C) groups is 1. The van der Waals surface area contributed by atoms with Gasteiger partial charge in [0.1, 0.15) is 18.1 Å². The van der Waals surface area contributed by atoms with Crippen LogP contribution in [-0.4, -0.2) is 47.0 Å². The first-order chi connectivity index (χ1) is 13.2. The highest BCUT2D eigenvalue weighted by atomic mass is 127. The van der Waals surface area contributed by atoms with Crippen LogP contribution in [0.4, 0.5) is 0 Å². The summed E-state index contributed by atoms with van der Waals surface area (Å²) < 4.78 is 15.7. The van der Waals surface area contributed by atoms with Crippen molar-refractivity contribution in [1.82, 2.24) is 10.6 Å². The van der Waals surface area contributed by atoms with Crippen LogP contribution in [0.1, 0.15) is 11.1 Å². The molecule has 0 unspecified atom stereocenters. The number of ether oxygens (including phenoxy) is 3. The number of hydrogen-bond acceptors (Lipinski definition) is 4. The molecule has 2 N–H and O–H groups in total. The third-order valence-electron chi connectivity index (χ3n) is 4.03. The number of halogens is 1. The number of hydrogen-bond donors (Lipinski definition) is 2. The summed E-state index contributed by atoms with van der Waals surface area (Å²) in [5.41, 5.74) is 2.41. The van der Waals surface area contributed by atoms with E-state index in [0.717, 1.165) is 36.0 Å². The Morgan fingerprint density at radius 2 is 1.50 bits per heavy atom. The Balaban J connectivity index is 0.00000392. The number of methoxy groups -OCH3 is 2. The van der Waals surface area contributed by atoms with Crippen LogP contribution >= 0.6 is 24.0 Å². The van der Waals surface area contributed by atoms with Crippen LogP contribution in [0.25, 0.3) is 0 Å². The van der Waals surface area contributed by atoms with Gasteiger partial charge >= 0.3 is 0 Å². The van der Waals surface area contributed by atoms with Crippen molar-refractivity contribution in [2.75, 3.05) is 41.0 Å². The number of benzene rings is 2. The molecule has 0 fully saturated rings. The second-order valence-corrected chi connectivity index (χ2v) is 5.94. The fourth-order valence-corrected chi connectivity index (χ4v) is 2.47. The quantitative estimate of drug-likeness (QED) is 0.228. The average molecular weight is 499 g/mol. The van der Waals surface area contributed by atoms with Crippen LogP contribution in [-0.2, 0) is 17.7 Å². The van der Waals surface area contributed by atoms with E-state index in [2.05, 4.69) is 27.8 Å². The first-order valence-corrected chi connectivity index (χ1v) is 9.03. The molecule has 0 radical (unpaired) electrons. The van der Waals surface area contributed by atoms with E-state index in [0.29, 0.717) is 19.8 Å². The predicted molar refractivity (Wildman–Crippen MR) is 124 cm³/mol. The van der Waals surface area contributed by atoms with Gasteiger partial charge in [0, 0.05) is 27.2 Å². The standard InChI is InChI=1S/C21H29N3O3.HI/c1-22-21(23-13-12-17-4-8-19(26-3)9-5-17)24-16-18-6-10-20(11-7-18)27-15-14-25-2;/h4-11H,12-16H2,1-3H3,(H2,22,23,24);1H. The van der Waals surface area contributed by atoms with Gasteiger partial charge in [-0.05, 0) is 41.8 Å². The van der Waals surface area contributed by atoms with Crippen LogP contribution in [0.3, 0.4) is 0 Å². The van der Waals surface area contributed by atoms with Gasteiger partial charge in [-0.15, -0.1) is 24.0 Å². The zero-order chi connectivity index (χ0) is 19.3. The molecule has 2 aromatic carbocycles. The number of guanidine groups is 1. The SMILES string of the molecule is CN=C(NCCc1ccc(OC)cc1)NCc1ccc(OCCOC)cc1.I. The molecule has 0 saturated heterocycles. The van der Waals surface area contributed by atoms with Gasteiger partial charge < -0.3 is 24.8 Å². The lowest BCUT2D eigenvalue weighted by Gasteiger charge is -2.12. The summed E-state index contributed by atoms with van der Waals surface area (Å²) in [6.45, 7) is 2.64. The van der Waals surface area contributed by atoms with Crippen molar-refractivity contribution in [2.45, 2.75) is 13.0 Å². The molecule has 6 nitrogen and oxygen atoms in total. The van der Waals surface area contributed by atoms with Crippen LogP contribution in [0.5, 0.6) is 11.5 Å². The Morgan fingerprint density at radius 1 is 0.857 bits per heavy atom. The smallest absolute Gasteiger partial charge is 0.191 e. The molecule has 0 atom stereocenters. The van der Waals surface area contributed by atoms with Crippen LogP contribution in [0.2, 0.25) is 0 Å². The molecule has 0 amide bonds. The molecule has 7 heteroatoms. The minimum Gasteiger partial charge on any atom is -0.497 e. The van der Waals surface area contributed by atoms with Crippen molar-refractivity contribution >= 4 is 29.9 Å². The van der Waals surface area contributed by atoms with Gasteiger partial charge in [0.2, 0.25) is 0 Å². The van der Waals surface area contributed by atoms with E-state index in [-0.39, 0.29) is 24.0 Å². The van der Waals surface area contributed by atoms with E-state index >= 15 is 0 Å². The summed E-state index contributed by atoms with van der Waals surface area (Å²) in [7, 11) is 5.11. The number of nitrogens with one attached hydrogen (secondary N) is 2. The van der Waals surface area contributed by atoms with Gasteiger partial charge in [0.05, 0.1) is 13.7 Å². The average Bonchev–Trinajstić information content (AvgIpc) is 2.72. The predicted octanol–water partition coefficient (Wildman–Crippen LogP) is 3.25. The van der Waals surface area contributed by atoms with E-state index in [1.54, 1.807) is 21.3 Å². The van der Waals surface area contributed by atoms with E-state index in [1.165, 1.54) is 5.56 Å². The number of nitrogens with zero attached hydrogens (tertiary/aromatic N) is 1. The molecule has 0 heterocycles. The van der Waals surface area contributed by atoms with Gasteiger partial charge in [-0.3, -0.25) is 4.99 Å². The Bertz CT molecular complexity index is 691. The van der Waals surface area contributed by atoms with Gasteiger partial charge in [-0.2, -0.15) is 0 Å². The summed E-state index contributed by atoms with van der Waals surface area (Å²) in [5, 5.41) is 6.65. The summed E-state index contributed by atoms with van der Waals surface area (Å²) in [4.78, 5) is 4.26. The van der Waals surface area contributed by atoms with E-state index in [1.807, 2.05) is 36.4 Å². The fraction of sp³-hybridized carbons (Fsp3) is 0.381. The molecule has 2 rings (SSSR count). The molecule has 0 bridgehead atoms. The van der Waals surface area contributed by atoms with Crippen LogP contribution in [0, 0.1) is 0 Å². The van der Waals surface area contributed by atoms with Crippen molar-refractivity contribution in [3.05, 3.63) is 59.7 Å².